The number of nitrogens with zero attached hydrogens (tertiary/aromatic N) is 3. The van der Waals surface area contributed by atoms with Gasteiger partial charge in [0.15, 0.2) is 10.8 Å². The summed E-state index contributed by atoms with van der Waals surface area (Å²) in [6.07, 6.45) is 3.45. The van der Waals surface area contributed by atoms with Crippen LogP contribution in [0.3, 0.4) is 0 Å². The molecule has 112 valence electrons. The maximum atomic E-state index is 12.2. The zero-order valence-electron chi connectivity index (χ0n) is 11.9. The lowest BCUT2D eigenvalue weighted by atomic mass is 10.2. The van der Waals surface area contributed by atoms with Crippen molar-refractivity contribution in [2.24, 2.45) is 0 Å². The van der Waals surface area contributed by atoms with Crippen molar-refractivity contribution in [3.8, 4) is 11.3 Å². The largest absolute Gasteiger partial charge is 0.298 e. The monoisotopic (exact) mass is 321 g/mol. The standard InChI is InChI=1S/C16H11N5OS/c22-15(11-4-2-1-3-5-11)19-16-18-14-13(23-16)12(20-21-14)10-6-8-17-9-7-10/h1-9H,(H2,18,19,20,21,22). The van der Waals surface area contributed by atoms with E-state index in [4.69, 9.17) is 0 Å². The van der Waals surface area contributed by atoms with Crippen LogP contribution in [0.25, 0.3) is 21.6 Å². The van der Waals surface area contributed by atoms with E-state index in [0.29, 0.717) is 16.3 Å². The predicted molar refractivity (Wildman–Crippen MR) is 89.4 cm³/mol. The molecule has 3 heterocycles. The summed E-state index contributed by atoms with van der Waals surface area (Å²) < 4.78 is 0.902. The normalized spacial score (nSPS) is 10.8. The molecule has 1 aromatic carbocycles. The first-order valence-corrected chi connectivity index (χ1v) is 7.74. The first kappa shape index (κ1) is 13.6. The second-order valence-corrected chi connectivity index (χ2v) is 5.83. The summed E-state index contributed by atoms with van der Waals surface area (Å²) in [5, 5.41) is 10.5. The van der Waals surface area contributed by atoms with Gasteiger partial charge >= 0.3 is 0 Å². The van der Waals surface area contributed by atoms with Crippen molar-refractivity contribution in [2.45, 2.75) is 0 Å². The van der Waals surface area contributed by atoms with Gasteiger partial charge in [-0.2, -0.15) is 10.1 Å². The van der Waals surface area contributed by atoms with Crippen molar-refractivity contribution in [2.75, 3.05) is 5.32 Å². The Morgan fingerprint density at radius 3 is 2.65 bits per heavy atom. The van der Waals surface area contributed by atoms with E-state index >= 15 is 0 Å². The minimum absolute atomic E-state index is 0.184. The number of pyridine rings is 1. The van der Waals surface area contributed by atoms with Crippen molar-refractivity contribution in [3.05, 3.63) is 60.4 Å². The van der Waals surface area contributed by atoms with Gasteiger partial charge in [0.1, 0.15) is 4.70 Å². The van der Waals surface area contributed by atoms with Gasteiger partial charge in [0.05, 0.1) is 5.69 Å². The van der Waals surface area contributed by atoms with Gasteiger partial charge in [-0.05, 0) is 24.3 Å². The molecule has 4 aromatic rings. The molecule has 7 heteroatoms. The van der Waals surface area contributed by atoms with Gasteiger partial charge in [0.25, 0.3) is 5.91 Å². The maximum absolute atomic E-state index is 12.2. The third kappa shape index (κ3) is 2.58. The van der Waals surface area contributed by atoms with Crippen molar-refractivity contribution < 1.29 is 4.79 Å². The molecule has 0 atom stereocenters. The summed E-state index contributed by atoms with van der Waals surface area (Å²) in [5.41, 5.74) is 3.04. The molecule has 0 spiro atoms. The van der Waals surface area contributed by atoms with Crippen LogP contribution in [0.2, 0.25) is 0 Å². The third-order valence-electron chi connectivity index (χ3n) is 3.34. The fourth-order valence-electron chi connectivity index (χ4n) is 2.24. The first-order chi connectivity index (χ1) is 11.3. The molecule has 23 heavy (non-hydrogen) atoms. The van der Waals surface area contributed by atoms with E-state index in [-0.39, 0.29) is 5.91 Å². The predicted octanol–water partition coefficient (Wildman–Crippen LogP) is 3.33. The number of aromatic nitrogens is 4. The van der Waals surface area contributed by atoms with Gasteiger partial charge in [-0.15, -0.1) is 0 Å². The van der Waals surface area contributed by atoms with Crippen LogP contribution in [0, 0.1) is 0 Å². The van der Waals surface area contributed by atoms with Crippen LogP contribution in [0.1, 0.15) is 10.4 Å². The van der Waals surface area contributed by atoms with E-state index in [0.717, 1.165) is 16.0 Å². The second kappa shape index (κ2) is 5.62. The van der Waals surface area contributed by atoms with Crippen LogP contribution >= 0.6 is 11.3 Å². The Morgan fingerprint density at radius 2 is 1.87 bits per heavy atom. The molecule has 4 rings (SSSR count). The molecule has 2 N–H and O–H groups in total. The number of fused-ring (bicyclic) bond motifs is 1. The molecular formula is C16H11N5OS. The minimum Gasteiger partial charge on any atom is -0.298 e. The average Bonchev–Trinajstić information content (AvgIpc) is 3.16. The maximum Gasteiger partial charge on any atom is 0.257 e. The van der Waals surface area contributed by atoms with E-state index in [1.165, 1.54) is 11.3 Å². The lowest BCUT2D eigenvalue weighted by Crippen LogP contribution is -2.11. The molecule has 0 aliphatic heterocycles. The molecule has 0 aliphatic carbocycles. The van der Waals surface area contributed by atoms with Gasteiger partial charge in [-0.1, -0.05) is 29.5 Å². The number of carbonyl (C=O) groups excluding carboxylic acids is 1. The Hall–Kier alpha value is -3.06. The lowest BCUT2D eigenvalue weighted by molar-refractivity contribution is 0.102. The number of amides is 1. The van der Waals surface area contributed by atoms with Crippen molar-refractivity contribution in [1.29, 1.82) is 0 Å². The van der Waals surface area contributed by atoms with Crippen LogP contribution in [0.5, 0.6) is 0 Å². The number of anilines is 1. The van der Waals surface area contributed by atoms with Crippen LogP contribution in [0.15, 0.2) is 54.9 Å². The molecule has 0 bridgehead atoms. The number of hydrogen-bond acceptors (Lipinski definition) is 5. The van der Waals surface area contributed by atoms with Gasteiger partial charge < -0.3 is 0 Å². The van der Waals surface area contributed by atoms with E-state index in [1.54, 1.807) is 24.5 Å². The number of hydrogen-bond donors (Lipinski definition) is 2. The molecule has 0 saturated carbocycles. The van der Waals surface area contributed by atoms with Gasteiger partial charge in [0, 0.05) is 23.5 Å². The molecule has 3 aromatic heterocycles. The van der Waals surface area contributed by atoms with E-state index < -0.39 is 0 Å². The molecule has 0 fully saturated rings. The van der Waals surface area contributed by atoms with E-state index in [2.05, 4.69) is 25.5 Å². The lowest BCUT2D eigenvalue weighted by Gasteiger charge is -2.00. The number of thiazole rings is 1. The highest BCUT2D eigenvalue weighted by Crippen LogP contribution is 2.33. The minimum atomic E-state index is -0.184. The Balaban J connectivity index is 1.65. The fraction of sp³-hybridized carbons (Fsp3) is 0. The third-order valence-corrected chi connectivity index (χ3v) is 4.31. The molecule has 6 nitrogen and oxygen atoms in total. The first-order valence-electron chi connectivity index (χ1n) is 6.93. The quantitative estimate of drug-likeness (QED) is 0.606. The second-order valence-electron chi connectivity index (χ2n) is 4.83. The number of H-pyrrole nitrogens is 1. The van der Waals surface area contributed by atoms with Crippen molar-refractivity contribution in [3.63, 3.8) is 0 Å². The Morgan fingerprint density at radius 1 is 1.09 bits per heavy atom. The number of aromatic amines is 1. The summed E-state index contributed by atoms with van der Waals surface area (Å²) in [5.74, 6) is -0.184. The van der Waals surface area contributed by atoms with Crippen LogP contribution in [-0.2, 0) is 0 Å². The van der Waals surface area contributed by atoms with E-state index in [9.17, 15) is 4.79 Å². The Bertz CT molecular complexity index is 962. The van der Waals surface area contributed by atoms with Crippen molar-refractivity contribution >= 4 is 32.7 Å². The van der Waals surface area contributed by atoms with Gasteiger partial charge in [-0.25, -0.2) is 0 Å². The highest BCUT2D eigenvalue weighted by atomic mass is 32.1. The summed E-state index contributed by atoms with van der Waals surface area (Å²) in [4.78, 5) is 20.5. The zero-order chi connectivity index (χ0) is 15.6. The van der Waals surface area contributed by atoms with Crippen LogP contribution < -0.4 is 5.32 Å². The fourth-order valence-corrected chi connectivity index (χ4v) is 3.15. The molecule has 0 radical (unpaired) electrons. The van der Waals surface area contributed by atoms with Crippen LogP contribution in [-0.4, -0.2) is 26.1 Å². The van der Waals surface area contributed by atoms with E-state index in [1.807, 2.05) is 30.3 Å². The molecule has 0 unspecified atom stereocenters. The number of carbonyl (C=O) groups is 1. The number of benzene rings is 1. The average molecular weight is 321 g/mol. The summed E-state index contributed by atoms with van der Waals surface area (Å²) in [6.45, 7) is 0. The molecule has 0 aliphatic rings. The summed E-state index contributed by atoms with van der Waals surface area (Å²) >= 11 is 1.39. The summed E-state index contributed by atoms with van der Waals surface area (Å²) in [6, 6.07) is 12.8. The highest BCUT2D eigenvalue weighted by molar-refractivity contribution is 7.22. The van der Waals surface area contributed by atoms with Crippen LogP contribution in [0.4, 0.5) is 5.13 Å². The SMILES string of the molecule is O=C(Nc1nc2n[nH]c(-c3ccncc3)c2s1)c1ccccc1. The highest BCUT2D eigenvalue weighted by Gasteiger charge is 2.15. The number of nitrogens with one attached hydrogen (secondary N) is 2. The molecule has 0 saturated heterocycles. The molecule has 1 amide bonds. The topological polar surface area (TPSA) is 83.6 Å². The summed E-state index contributed by atoms with van der Waals surface area (Å²) in [7, 11) is 0. The Kier molecular flexibility index (Phi) is 3.32. The zero-order valence-corrected chi connectivity index (χ0v) is 12.7. The smallest absolute Gasteiger partial charge is 0.257 e. The van der Waals surface area contributed by atoms with Gasteiger partial charge in [0.2, 0.25) is 0 Å². The van der Waals surface area contributed by atoms with Crippen molar-refractivity contribution in [1.82, 2.24) is 20.2 Å². The Labute approximate surface area is 135 Å². The molecular weight excluding hydrogens is 310 g/mol. The van der Waals surface area contributed by atoms with Gasteiger partial charge in [-0.3, -0.25) is 20.2 Å². The number of rotatable bonds is 3.